The third-order valence-electron chi connectivity index (χ3n) is 2.40. The summed E-state index contributed by atoms with van der Waals surface area (Å²) in [4.78, 5) is 11.1. The second kappa shape index (κ2) is 3.86. The molecule has 1 aromatic rings. The van der Waals surface area contributed by atoms with Crippen LogP contribution < -0.4 is 16.4 Å². The first-order chi connectivity index (χ1) is 7.18. The number of anilines is 1. The van der Waals surface area contributed by atoms with E-state index >= 15 is 0 Å². The zero-order valence-electron chi connectivity index (χ0n) is 8.09. The molecule has 5 heteroatoms. The lowest BCUT2D eigenvalue weighted by molar-refractivity contribution is 0.0997. The quantitative estimate of drug-likeness (QED) is 0.671. The molecule has 1 amide bonds. The van der Waals surface area contributed by atoms with Crippen LogP contribution in [0.5, 0.6) is 0 Å². The van der Waals surface area contributed by atoms with Crippen LogP contribution in [-0.4, -0.2) is 25.0 Å². The van der Waals surface area contributed by atoms with E-state index in [1.54, 1.807) is 12.1 Å². The number of carbonyl (C=O) groups excluding carboxylic acids is 1. The molecular weight excluding hydrogens is 197 g/mol. The fraction of sp³-hybridized carbons (Fsp3) is 0.300. The van der Waals surface area contributed by atoms with Crippen LogP contribution in [0.2, 0.25) is 0 Å². The zero-order valence-corrected chi connectivity index (χ0v) is 8.09. The highest BCUT2D eigenvalue weighted by Crippen LogP contribution is 2.19. The number of primary amides is 1. The first kappa shape index (κ1) is 9.92. The molecule has 2 rings (SSSR count). The maximum absolute atomic E-state index is 13.3. The molecule has 4 N–H and O–H groups in total. The van der Waals surface area contributed by atoms with Gasteiger partial charge < -0.3 is 16.4 Å². The molecule has 1 heterocycles. The van der Waals surface area contributed by atoms with Gasteiger partial charge in [0.05, 0.1) is 17.3 Å². The van der Waals surface area contributed by atoms with Gasteiger partial charge in [-0.1, -0.05) is 6.07 Å². The predicted octanol–water partition coefficient (Wildman–Crippen LogP) is 0.308. The summed E-state index contributed by atoms with van der Waals surface area (Å²) in [5, 5.41) is 6.14. The van der Waals surface area contributed by atoms with Crippen LogP contribution in [0.1, 0.15) is 10.4 Å². The predicted molar refractivity (Wildman–Crippen MR) is 55.2 cm³/mol. The van der Waals surface area contributed by atoms with Crippen LogP contribution in [0.4, 0.5) is 10.1 Å². The zero-order chi connectivity index (χ0) is 10.8. The summed E-state index contributed by atoms with van der Waals surface area (Å²) >= 11 is 0. The van der Waals surface area contributed by atoms with Gasteiger partial charge in [0, 0.05) is 13.1 Å². The number of benzene rings is 1. The summed E-state index contributed by atoms with van der Waals surface area (Å²) in [6, 6.07) is 4.67. The highest BCUT2D eigenvalue weighted by Gasteiger charge is 2.20. The third kappa shape index (κ3) is 1.92. The number of halogens is 1. The van der Waals surface area contributed by atoms with Gasteiger partial charge in [0.25, 0.3) is 5.91 Å². The number of hydrogen-bond acceptors (Lipinski definition) is 3. The highest BCUT2D eigenvalue weighted by molar-refractivity contribution is 5.98. The summed E-state index contributed by atoms with van der Waals surface area (Å²) in [7, 11) is 0. The van der Waals surface area contributed by atoms with Gasteiger partial charge in [-0.25, -0.2) is 4.39 Å². The van der Waals surface area contributed by atoms with Gasteiger partial charge in [-0.05, 0) is 12.1 Å². The average Bonchev–Trinajstić information content (AvgIpc) is 2.10. The van der Waals surface area contributed by atoms with Crippen LogP contribution in [0.25, 0.3) is 0 Å². The standard InChI is InChI=1S/C10H12FN3O/c11-7-2-1-3-8(9(7)10(12)15)14-6-4-13-5-6/h1-3,6,13-14H,4-5H2,(H2,12,15). The fourth-order valence-corrected chi connectivity index (χ4v) is 1.51. The Morgan fingerprint density at radius 2 is 2.27 bits per heavy atom. The monoisotopic (exact) mass is 209 g/mol. The summed E-state index contributed by atoms with van der Waals surface area (Å²) in [5.41, 5.74) is 5.52. The number of nitrogens with two attached hydrogens (primary N) is 1. The van der Waals surface area contributed by atoms with E-state index in [4.69, 9.17) is 5.73 Å². The molecule has 1 aliphatic rings. The molecule has 4 nitrogen and oxygen atoms in total. The Hall–Kier alpha value is -1.62. The molecule has 80 valence electrons. The van der Waals surface area contributed by atoms with Crippen LogP contribution >= 0.6 is 0 Å². The van der Waals surface area contributed by atoms with Crippen molar-refractivity contribution in [3.8, 4) is 0 Å². The molecule has 0 radical (unpaired) electrons. The minimum absolute atomic E-state index is 0.0654. The molecular formula is C10H12FN3O. The van der Waals surface area contributed by atoms with Crippen molar-refractivity contribution < 1.29 is 9.18 Å². The van der Waals surface area contributed by atoms with E-state index in [1.807, 2.05) is 0 Å². The second-order valence-electron chi connectivity index (χ2n) is 3.53. The number of nitrogens with one attached hydrogen (secondary N) is 2. The van der Waals surface area contributed by atoms with Crippen LogP contribution in [0, 0.1) is 5.82 Å². The maximum Gasteiger partial charge on any atom is 0.253 e. The molecule has 0 saturated carbocycles. The molecule has 0 spiro atoms. The Balaban J connectivity index is 2.27. The number of hydrogen-bond donors (Lipinski definition) is 3. The van der Waals surface area contributed by atoms with Gasteiger partial charge in [0.2, 0.25) is 0 Å². The van der Waals surface area contributed by atoms with E-state index in [1.165, 1.54) is 6.07 Å². The van der Waals surface area contributed by atoms with Crippen LogP contribution in [0.3, 0.4) is 0 Å². The average molecular weight is 209 g/mol. The number of carbonyl (C=O) groups is 1. The minimum atomic E-state index is -0.747. The molecule has 0 aromatic heterocycles. The van der Waals surface area contributed by atoms with Crippen molar-refractivity contribution in [2.45, 2.75) is 6.04 Å². The minimum Gasteiger partial charge on any atom is -0.379 e. The molecule has 0 aliphatic carbocycles. The van der Waals surface area contributed by atoms with Gasteiger partial charge in [-0.15, -0.1) is 0 Å². The molecule has 1 saturated heterocycles. The van der Waals surface area contributed by atoms with Crippen molar-refractivity contribution in [3.05, 3.63) is 29.6 Å². The van der Waals surface area contributed by atoms with Crippen molar-refractivity contribution >= 4 is 11.6 Å². The summed E-state index contributed by atoms with van der Waals surface area (Å²) in [6.07, 6.45) is 0. The van der Waals surface area contributed by atoms with Gasteiger partial charge in [0.1, 0.15) is 5.82 Å². The van der Waals surface area contributed by atoms with E-state index in [0.29, 0.717) is 5.69 Å². The summed E-state index contributed by atoms with van der Waals surface area (Å²) in [5.74, 6) is -1.33. The van der Waals surface area contributed by atoms with Crippen molar-refractivity contribution in [3.63, 3.8) is 0 Å². The molecule has 1 aliphatic heterocycles. The maximum atomic E-state index is 13.3. The highest BCUT2D eigenvalue weighted by atomic mass is 19.1. The Bertz CT molecular complexity index is 390. The van der Waals surface area contributed by atoms with Gasteiger partial charge in [-0.2, -0.15) is 0 Å². The lowest BCUT2D eigenvalue weighted by atomic mass is 10.1. The van der Waals surface area contributed by atoms with E-state index in [9.17, 15) is 9.18 Å². The fourth-order valence-electron chi connectivity index (χ4n) is 1.51. The van der Waals surface area contributed by atoms with Crippen molar-refractivity contribution in [2.75, 3.05) is 18.4 Å². The van der Waals surface area contributed by atoms with Crippen molar-refractivity contribution in [2.24, 2.45) is 5.73 Å². The van der Waals surface area contributed by atoms with E-state index in [-0.39, 0.29) is 11.6 Å². The molecule has 15 heavy (non-hydrogen) atoms. The molecule has 1 aromatic carbocycles. The molecule has 0 bridgehead atoms. The van der Waals surface area contributed by atoms with E-state index in [0.717, 1.165) is 13.1 Å². The topological polar surface area (TPSA) is 67.2 Å². The number of amides is 1. The smallest absolute Gasteiger partial charge is 0.253 e. The first-order valence-corrected chi connectivity index (χ1v) is 4.74. The van der Waals surface area contributed by atoms with Crippen molar-refractivity contribution in [1.82, 2.24) is 5.32 Å². The summed E-state index contributed by atoms with van der Waals surface area (Å²) < 4.78 is 13.3. The largest absolute Gasteiger partial charge is 0.379 e. The van der Waals surface area contributed by atoms with Crippen LogP contribution in [-0.2, 0) is 0 Å². The molecule has 0 unspecified atom stereocenters. The van der Waals surface area contributed by atoms with E-state index in [2.05, 4.69) is 10.6 Å². The SMILES string of the molecule is NC(=O)c1c(F)cccc1NC1CNC1. The third-order valence-corrected chi connectivity index (χ3v) is 2.40. The lowest BCUT2D eigenvalue weighted by Gasteiger charge is -2.29. The Morgan fingerprint density at radius 1 is 1.53 bits per heavy atom. The molecule has 1 fully saturated rings. The van der Waals surface area contributed by atoms with Gasteiger partial charge in [0.15, 0.2) is 0 Å². The van der Waals surface area contributed by atoms with Crippen LogP contribution in [0.15, 0.2) is 18.2 Å². The molecule has 0 atom stereocenters. The normalized spacial score (nSPS) is 15.8. The van der Waals surface area contributed by atoms with Gasteiger partial charge >= 0.3 is 0 Å². The first-order valence-electron chi connectivity index (χ1n) is 4.74. The van der Waals surface area contributed by atoms with E-state index < -0.39 is 11.7 Å². The lowest BCUT2D eigenvalue weighted by Crippen LogP contribution is -2.51. The van der Waals surface area contributed by atoms with Crippen molar-refractivity contribution in [1.29, 1.82) is 0 Å². The Morgan fingerprint density at radius 3 is 2.80 bits per heavy atom. The Labute approximate surface area is 86.7 Å². The van der Waals surface area contributed by atoms with Gasteiger partial charge in [-0.3, -0.25) is 4.79 Å². The second-order valence-corrected chi connectivity index (χ2v) is 3.53. The Kier molecular flexibility index (Phi) is 2.55. The number of rotatable bonds is 3. The summed E-state index contributed by atoms with van der Waals surface area (Å²) in [6.45, 7) is 1.63.